The molecule has 0 N–H and O–H groups in total. The predicted molar refractivity (Wildman–Crippen MR) is 163 cm³/mol. The van der Waals surface area contributed by atoms with E-state index in [1.807, 2.05) is 11.8 Å². The van der Waals surface area contributed by atoms with E-state index >= 15 is 0 Å². The fourth-order valence-corrected chi connectivity index (χ4v) is 8.12. The maximum Gasteiger partial charge on any atom is 0.494 e. The number of hydrogen-bond donors (Lipinski definition) is 0. The zero-order valence-corrected chi connectivity index (χ0v) is 26.6. The summed E-state index contributed by atoms with van der Waals surface area (Å²) in [4.78, 5) is 34.5. The van der Waals surface area contributed by atoms with Gasteiger partial charge in [0, 0.05) is 43.8 Å². The van der Waals surface area contributed by atoms with Crippen LogP contribution in [-0.4, -0.2) is 90.4 Å². The first-order valence-electron chi connectivity index (χ1n) is 16.2. The second-order valence-corrected chi connectivity index (χ2v) is 15.9. The lowest BCUT2D eigenvalue weighted by atomic mass is 9.71. The molecule has 0 aromatic heterocycles. The average molecular weight is 578 g/mol. The number of ether oxygens (including phenoxy) is 1. The van der Waals surface area contributed by atoms with Gasteiger partial charge in [-0.15, -0.1) is 0 Å². The highest BCUT2D eigenvalue weighted by Gasteiger charge is 2.58. The number of carbonyl (C=O) groups is 2. The van der Waals surface area contributed by atoms with Crippen molar-refractivity contribution in [2.45, 2.75) is 121 Å². The summed E-state index contributed by atoms with van der Waals surface area (Å²) in [6, 6.07) is 7.15. The van der Waals surface area contributed by atoms with E-state index < -0.39 is 29.3 Å². The van der Waals surface area contributed by atoms with Gasteiger partial charge in [0.15, 0.2) is 0 Å². The molecular weight excluding hydrogens is 529 g/mol. The summed E-state index contributed by atoms with van der Waals surface area (Å²) in [7, 11) is -0.475. The van der Waals surface area contributed by atoms with Gasteiger partial charge in [-0.3, -0.25) is 14.5 Å². The normalized spacial score (nSPS) is 34.5. The van der Waals surface area contributed by atoms with Crippen LogP contribution in [0.25, 0.3) is 0 Å². The first-order valence-corrected chi connectivity index (χ1v) is 16.2. The molecule has 1 aromatic carbocycles. The molecule has 5 aliphatic heterocycles. The van der Waals surface area contributed by atoms with Crippen molar-refractivity contribution in [3.8, 4) is 0 Å². The highest BCUT2D eigenvalue weighted by Crippen LogP contribution is 2.52. The molecule has 8 nitrogen and oxygen atoms in total. The molecule has 1 aliphatic carbocycles. The molecule has 1 aromatic rings. The predicted octanol–water partition coefficient (Wildman–Crippen LogP) is 3.63. The van der Waals surface area contributed by atoms with E-state index in [4.69, 9.17) is 14.0 Å². The first kappa shape index (κ1) is 28.8. The third kappa shape index (κ3) is 4.24. The van der Waals surface area contributed by atoms with Crippen molar-refractivity contribution in [1.29, 1.82) is 0 Å². The molecule has 42 heavy (non-hydrogen) atoms. The molecule has 1 saturated carbocycles. The lowest BCUT2D eigenvalue weighted by molar-refractivity contribution is -0.183. The van der Waals surface area contributed by atoms with Crippen LogP contribution in [-0.2, 0) is 29.0 Å². The van der Waals surface area contributed by atoms with Gasteiger partial charge in [0.1, 0.15) is 5.60 Å². The number of hydrogen-bond acceptors (Lipinski definition) is 6. The summed E-state index contributed by atoms with van der Waals surface area (Å²) < 4.78 is 18.5. The van der Waals surface area contributed by atoms with Crippen LogP contribution in [0.5, 0.6) is 0 Å². The largest absolute Gasteiger partial charge is 0.494 e. The van der Waals surface area contributed by atoms with Crippen LogP contribution in [0.15, 0.2) is 18.2 Å². The van der Waals surface area contributed by atoms with Gasteiger partial charge >= 0.3 is 7.12 Å². The van der Waals surface area contributed by atoms with Crippen molar-refractivity contribution in [3.63, 3.8) is 0 Å². The third-order valence-corrected chi connectivity index (χ3v) is 12.0. The fourth-order valence-electron chi connectivity index (χ4n) is 8.12. The lowest BCUT2D eigenvalue weighted by Gasteiger charge is -2.47. The SMILES string of the molecule is CC1(C)CCN([C@H]2C[C@@H](N3C(=O)C4(CCN(C(=O)C5(C)CCO5)CC4)c4ccc(B5OC(C)(C)C(C)(C)O5)cc43)C2)C1. The minimum absolute atomic E-state index is 0.0672. The number of likely N-dealkylation sites (tertiary alicyclic amines) is 2. The Balaban J connectivity index is 1.17. The Morgan fingerprint density at radius 2 is 1.52 bits per heavy atom. The van der Waals surface area contributed by atoms with Crippen LogP contribution < -0.4 is 10.4 Å². The Morgan fingerprint density at radius 3 is 2.07 bits per heavy atom. The molecule has 4 saturated heterocycles. The van der Waals surface area contributed by atoms with Gasteiger partial charge in [-0.05, 0) is 95.8 Å². The zero-order chi connectivity index (χ0) is 29.9. The summed E-state index contributed by atoms with van der Waals surface area (Å²) in [5.41, 5.74) is 1.30. The van der Waals surface area contributed by atoms with Crippen molar-refractivity contribution in [3.05, 3.63) is 23.8 Å². The van der Waals surface area contributed by atoms with Crippen LogP contribution in [0.3, 0.4) is 0 Å². The topological polar surface area (TPSA) is 71.6 Å². The van der Waals surface area contributed by atoms with Crippen molar-refractivity contribution in [2.24, 2.45) is 5.41 Å². The zero-order valence-electron chi connectivity index (χ0n) is 26.6. The van der Waals surface area contributed by atoms with Gasteiger partial charge in [0.25, 0.3) is 5.91 Å². The Labute approximate surface area is 251 Å². The maximum atomic E-state index is 14.6. The number of nitrogens with zero attached hydrogens (tertiary/aromatic N) is 3. The fraction of sp³-hybridized carbons (Fsp3) is 0.758. The second-order valence-electron chi connectivity index (χ2n) is 15.9. The molecule has 228 valence electrons. The van der Waals surface area contributed by atoms with Gasteiger partial charge in [-0.25, -0.2) is 0 Å². The number of carbonyl (C=O) groups excluding carboxylic acids is 2. The van der Waals surface area contributed by atoms with Crippen LogP contribution in [0.1, 0.15) is 92.6 Å². The highest BCUT2D eigenvalue weighted by molar-refractivity contribution is 6.62. The third-order valence-electron chi connectivity index (χ3n) is 12.0. The number of rotatable bonds is 4. The maximum absolute atomic E-state index is 14.6. The lowest BCUT2D eigenvalue weighted by Crippen LogP contribution is -2.60. The molecule has 7 rings (SSSR count). The van der Waals surface area contributed by atoms with Gasteiger partial charge in [0.05, 0.1) is 23.2 Å². The Bertz CT molecular complexity index is 1280. The Kier molecular flexibility index (Phi) is 6.37. The molecule has 1 atom stereocenters. The molecule has 5 fully saturated rings. The van der Waals surface area contributed by atoms with Gasteiger partial charge in [-0.2, -0.15) is 0 Å². The van der Waals surface area contributed by atoms with E-state index in [1.54, 1.807) is 0 Å². The molecule has 0 bridgehead atoms. The van der Waals surface area contributed by atoms with Crippen molar-refractivity contribution < 1.29 is 23.6 Å². The van der Waals surface area contributed by atoms with Crippen LogP contribution in [0.4, 0.5) is 5.69 Å². The van der Waals surface area contributed by atoms with Gasteiger partial charge in [-0.1, -0.05) is 26.0 Å². The monoisotopic (exact) mass is 577 g/mol. The summed E-state index contributed by atoms with van der Waals surface area (Å²) in [6.45, 7) is 19.0. The van der Waals surface area contributed by atoms with Crippen molar-refractivity contribution in [2.75, 3.05) is 37.7 Å². The van der Waals surface area contributed by atoms with E-state index in [9.17, 15) is 9.59 Å². The Hall–Kier alpha value is -1.94. The molecular formula is C33H48BN3O5. The number of benzene rings is 1. The van der Waals surface area contributed by atoms with Crippen LogP contribution >= 0.6 is 0 Å². The molecule has 5 heterocycles. The molecule has 6 aliphatic rings. The van der Waals surface area contributed by atoms with Gasteiger partial charge in [0.2, 0.25) is 5.91 Å². The Morgan fingerprint density at radius 1 is 0.881 bits per heavy atom. The quantitative estimate of drug-likeness (QED) is 0.510. The molecule has 1 spiro atoms. The molecule has 9 heteroatoms. The highest BCUT2D eigenvalue weighted by atomic mass is 16.7. The summed E-state index contributed by atoms with van der Waals surface area (Å²) in [5, 5.41) is 0. The smallest absolute Gasteiger partial charge is 0.399 e. The second kappa shape index (κ2) is 9.29. The van der Waals surface area contributed by atoms with Crippen LogP contribution in [0.2, 0.25) is 0 Å². The van der Waals surface area contributed by atoms with Crippen molar-refractivity contribution in [1.82, 2.24) is 9.80 Å². The number of piperidine rings is 1. The number of anilines is 1. The molecule has 0 radical (unpaired) electrons. The minimum Gasteiger partial charge on any atom is -0.399 e. The van der Waals surface area contributed by atoms with E-state index in [-0.39, 0.29) is 17.9 Å². The van der Waals surface area contributed by atoms with Gasteiger partial charge < -0.3 is 23.8 Å². The minimum atomic E-state index is -0.697. The summed E-state index contributed by atoms with van der Waals surface area (Å²) in [6.07, 6.45) is 5.31. The van der Waals surface area contributed by atoms with E-state index in [0.29, 0.717) is 44.0 Å². The summed E-state index contributed by atoms with van der Waals surface area (Å²) in [5.74, 6) is 0.282. The molecule has 2 amide bonds. The van der Waals surface area contributed by atoms with Crippen molar-refractivity contribution >= 4 is 30.1 Å². The molecule has 1 unspecified atom stereocenters. The van der Waals surface area contributed by atoms with E-state index in [0.717, 1.165) is 49.1 Å². The van der Waals surface area contributed by atoms with E-state index in [2.05, 4.69) is 69.5 Å². The average Bonchev–Trinajstić information content (AvgIpc) is 3.44. The van der Waals surface area contributed by atoms with Crippen LogP contribution in [0, 0.1) is 5.41 Å². The summed E-state index contributed by atoms with van der Waals surface area (Å²) >= 11 is 0. The number of amides is 2. The first-order chi connectivity index (χ1) is 19.6. The number of fused-ring (bicyclic) bond motifs is 2. The standard InChI is InChI=1S/C33H48BN3O5/c1-29(2)10-14-36(21-29)23-19-24(20-23)37-26-18-22(34-41-30(3,4)31(5,6)42-34)8-9-25(26)33(28(37)39)11-15-35(16-12-33)27(38)32(7)13-17-40-32/h8-9,18,23-24H,10-17,19-21H2,1-7H3/t23-,24+,32?. The van der Waals surface area contributed by atoms with E-state index in [1.165, 1.54) is 6.42 Å².